The number of thiocarbonyl (C=S) groups is 1. The zero-order valence-corrected chi connectivity index (χ0v) is 12.4. The van der Waals surface area contributed by atoms with Gasteiger partial charge in [-0.1, -0.05) is 46.3 Å². The van der Waals surface area contributed by atoms with E-state index < -0.39 is 6.10 Å². The summed E-state index contributed by atoms with van der Waals surface area (Å²) in [6.07, 6.45) is -0.740. The summed E-state index contributed by atoms with van der Waals surface area (Å²) >= 11 is 8.25. The molecule has 0 fully saturated rings. The van der Waals surface area contributed by atoms with E-state index in [4.69, 9.17) is 18.0 Å². The molecule has 0 heterocycles. The summed E-state index contributed by atoms with van der Waals surface area (Å²) in [5.41, 5.74) is 7.73. The number of anilines is 1. The number of hydrogen-bond acceptors (Lipinski definition) is 2. The smallest absolute Gasteiger partial charge is 0.168 e. The molecule has 19 heavy (non-hydrogen) atoms. The number of aliphatic hydroxyl groups is 1. The normalized spacial score (nSPS) is 11.9. The van der Waals surface area contributed by atoms with Crippen LogP contribution in [0.25, 0.3) is 0 Å². The number of nitrogens with one attached hydrogen (secondary N) is 1. The summed E-state index contributed by atoms with van der Waals surface area (Å²) in [5, 5.41) is 13.5. The van der Waals surface area contributed by atoms with Crippen molar-refractivity contribution in [2.24, 2.45) is 5.73 Å². The molecule has 0 amide bonds. The zero-order valence-electron chi connectivity index (χ0n) is 10.0. The predicted octanol–water partition coefficient (Wildman–Crippen LogP) is 3.19. The Bertz CT molecular complexity index is 589. The lowest BCUT2D eigenvalue weighted by atomic mass is 10.00. The van der Waals surface area contributed by atoms with Gasteiger partial charge in [0.05, 0.1) is 0 Å². The van der Waals surface area contributed by atoms with Crippen molar-refractivity contribution in [1.29, 1.82) is 0 Å². The summed E-state index contributed by atoms with van der Waals surface area (Å²) < 4.78 is 0.881. The largest absolute Gasteiger partial charge is 0.384 e. The average Bonchev–Trinajstić information content (AvgIpc) is 2.40. The van der Waals surface area contributed by atoms with E-state index in [2.05, 4.69) is 21.2 Å². The van der Waals surface area contributed by atoms with Gasteiger partial charge in [0.2, 0.25) is 0 Å². The number of nitrogens with two attached hydrogens (primary N) is 1. The van der Waals surface area contributed by atoms with Crippen LogP contribution in [0, 0.1) is 0 Å². The van der Waals surface area contributed by atoms with Crippen molar-refractivity contribution in [3.8, 4) is 0 Å². The maximum atomic E-state index is 10.5. The van der Waals surface area contributed by atoms with E-state index in [0.29, 0.717) is 11.3 Å². The maximum absolute atomic E-state index is 10.5. The topological polar surface area (TPSA) is 58.3 Å². The minimum atomic E-state index is -0.740. The first-order chi connectivity index (χ1) is 9.08. The molecule has 2 rings (SSSR count). The minimum Gasteiger partial charge on any atom is -0.384 e. The minimum absolute atomic E-state index is 0.170. The van der Waals surface area contributed by atoms with Gasteiger partial charge in [0, 0.05) is 15.7 Å². The summed E-state index contributed by atoms with van der Waals surface area (Å²) in [6.45, 7) is 0. The van der Waals surface area contributed by atoms with Gasteiger partial charge in [0.25, 0.3) is 0 Å². The lowest BCUT2D eigenvalue weighted by Gasteiger charge is -2.17. The Morgan fingerprint density at radius 1 is 1.21 bits per heavy atom. The second kappa shape index (κ2) is 6.14. The van der Waals surface area contributed by atoms with Crippen LogP contribution in [-0.4, -0.2) is 10.2 Å². The monoisotopic (exact) mass is 336 g/mol. The van der Waals surface area contributed by atoms with Crippen LogP contribution in [0.3, 0.4) is 0 Å². The Kier molecular flexibility index (Phi) is 4.52. The SMILES string of the molecule is NC(=S)Nc1ccc(Br)cc1C(O)c1ccccc1. The molecule has 0 saturated heterocycles. The van der Waals surface area contributed by atoms with Crippen LogP contribution in [0.5, 0.6) is 0 Å². The van der Waals surface area contributed by atoms with Gasteiger partial charge in [-0.2, -0.15) is 0 Å². The van der Waals surface area contributed by atoms with Gasteiger partial charge >= 0.3 is 0 Å². The van der Waals surface area contributed by atoms with Gasteiger partial charge in [-0.05, 0) is 36.0 Å². The fraction of sp³-hybridized carbons (Fsp3) is 0.0714. The molecular weight excluding hydrogens is 324 g/mol. The molecule has 5 heteroatoms. The third-order valence-corrected chi connectivity index (χ3v) is 3.28. The summed E-state index contributed by atoms with van der Waals surface area (Å²) in [4.78, 5) is 0. The molecular formula is C14H13BrN2OS. The first kappa shape index (κ1) is 14.0. The van der Waals surface area contributed by atoms with Gasteiger partial charge in [-0.3, -0.25) is 0 Å². The molecule has 0 saturated carbocycles. The molecule has 1 unspecified atom stereocenters. The molecule has 2 aromatic rings. The predicted molar refractivity (Wildman–Crippen MR) is 85.1 cm³/mol. The van der Waals surface area contributed by atoms with Gasteiger partial charge < -0.3 is 16.2 Å². The van der Waals surface area contributed by atoms with Crippen molar-refractivity contribution < 1.29 is 5.11 Å². The Hall–Kier alpha value is -1.43. The van der Waals surface area contributed by atoms with E-state index in [1.807, 2.05) is 48.5 Å². The molecule has 3 nitrogen and oxygen atoms in total. The molecule has 0 aliphatic heterocycles. The van der Waals surface area contributed by atoms with E-state index >= 15 is 0 Å². The maximum Gasteiger partial charge on any atom is 0.168 e. The van der Waals surface area contributed by atoms with Crippen LogP contribution in [0.1, 0.15) is 17.2 Å². The summed E-state index contributed by atoms with van der Waals surface area (Å²) in [5.74, 6) is 0. The average molecular weight is 337 g/mol. The number of halogens is 1. The molecule has 0 aliphatic carbocycles. The zero-order chi connectivity index (χ0) is 13.8. The van der Waals surface area contributed by atoms with Crippen LogP contribution < -0.4 is 11.1 Å². The Morgan fingerprint density at radius 2 is 1.89 bits per heavy atom. The van der Waals surface area contributed by atoms with Crippen LogP contribution in [-0.2, 0) is 0 Å². The van der Waals surface area contributed by atoms with E-state index in [1.165, 1.54) is 0 Å². The molecule has 98 valence electrons. The van der Waals surface area contributed by atoms with Crippen molar-refractivity contribution in [3.63, 3.8) is 0 Å². The van der Waals surface area contributed by atoms with Crippen LogP contribution in [0.15, 0.2) is 53.0 Å². The van der Waals surface area contributed by atoms with Crippen molar-refractivity contribution in [1.82, 2.24) is 0 Å². The fourth-order valence-corrected chi connectivity index (χ4v) is 2.31. The Balaban J connectivity index is 2.42. The van der Waals surface area contributed by atoms with Crippen LogP contribution >= 0.6 is 28.1 Å². The van der Waals surface area contributed by atoms with E-state index in [-0.39, 0.29) is 5.11 Å². The number of hydrogen-bond donors (Lipinski definition) is 3. The molecule has 0 aliphatic rings. The van der Waals surface area contributed by atoms with E-state index in [1.54, 1.807) is 0 Å². The molecule has 4 N–H and O–H groups in total. The van der Waals surface area contributed by atoms with E-state index in [0.717, 1.165) is 10.0 Å². The highest BCUT2D eigenvalue weighted by atomic mass is 79.9. The first-order valence-corrected chi connectivity index (χ1v) is 6.87. The van der Waals surface area contributed by atoms with Crippen LogP contribution in [0.4, 0.5) is 5.69 Å². The molecule has 0 bridgehead atoms. The highest BCUT2D eigenvalue weighted by molar-refractivity contribution is 9.10. The van der Waals surface area contributed by atoms with Crippen LogP contribution in [0.2, 0.25) is 0 Å². The molecule has 0 radical (unpaired) electrons. The molecule has 1 atom stereocenters. The lowest BCUT2D eigenvalue weighted by Crippen LogP contribution is -2.20. The van der Waals surface area contributed by atoms with E-state index in [9.17, 15) is 5.11 Å². The quantitative estimate of drug-likeness (QED) is 0.753. The summed E-state index contributed by atoms with van der Waals surface area (Å²) in [7, 11) is 0. The number of benzene rings is 2. The third kappa shape index (κ3) is 3.53. The lowest BCUT2D eigenvalue weighted by molar-refractivity contribution is 0.221. The van der Waals surface area contributed by atoms with Gasteiger partial charge in [-0.15, -0.1) is 0 Å². The second-order valence-electron chi connectivity index (χ2n) is 4.03. The summed E-state index contributed by atoms with van der Waals surface area (Å²) in [6, 6.07) is 15.0. The number of rotatable bonds is 3. The van der Waals surface area contributed by atoms with Gasteiger partial charge in [0.1, 0.15) is 6.10 Å². The molecule has 0 aromatic heterocycles. The van der Waals surface area contributed by atoms with Crippen molar-refractivity contribution in [2.45, 2.75) is 6.10 Å². The Morgan fingerprint density at radius 3 is 2.53 bits per heavy atom. The molecule has 2 aromatic carbocycles. The van der Waals surface area contributed by atoms with Crippen molar-refractivity contribution in [3.05, 3.63) is 64.1 Å². The fourth-order valence-electron chi connectivity index (χ4n) is 1.82. The standard InChI is InChI=1S/C14H13BrN2OS/c15-10-6-7-12(17-14(16)19)11(8-10)13(18)9-4-2-1-3-5-9/h1-8,13,18H,(H3,16,17,19). The second-order valence-corrected chi connectivity index (χ2v) is 5.39. The first-order valence-electron chi connectivity index (χ1n) is 5.67. The molecule has 0 spiro atoms. The Labute approximate surface area is 125 Å². The van der Waals surface area contributed by atoms with Crippen molar-refractivity contribution >= 4 is 38.9 Å². The van der Waals surface area contributed by atoms with Crippen molar-refractivity contribution in [2.75, 3.05) is 5.32 Å². The highest BCUT2D eigenvalue weighted by Crippen LogP contribution is 2.30. The third-order valence-electron chi connectivity index (χ3n) is 2.68. The number of aliphatic hydroxyl groups excluding tert-OH is 1. The van der Waals surface area contributed by atoms with Gasteiger partial charge in [0.15, 0.2) is 5.11 Å². The van der Waals surface area contributed by atoms with Gasteiger partial charge in [-0.25, -0.2) is 0 Å². The highest BCUT2D eigenvalue weighted by Gasteiger charge is 2.15.